The predicted octanol–water partition coefficient (Wildman–Crippen LogP) is 3.19. The van der Waals surface area contributed by atoms with Gasteiger partial charge in [0.1, 0.15) is 0 Å². The van der Waals surface area contributed by atoms with Crippen LogP contribution in [0.2, 0.25) is 0 Å². The molecule has 0 atom stereocenters. The maximum atomic E-state index is 13.2. The van der Waals surface area contributed by atoms with Crippen LogP contribution in [-0.2, 0) is 6.54 Å². The lowest BCUT2D eigenvalue weighted by molar-refractivity contribution is 0.394. The molecule has 0 aliphatic heterocycles. The Morgan fingerprint density at radius 3 is 1.94 bits per heavy atom. The largest absolute Gasteiger partial charge is 0.503 e. The SMILES string of the molecule is CC1(C)C(NCc2cc(F)c(O)c(F)c2)C1(C)C. The van der Waals surface area contributed by atoms with Crippen LogP contribution in [0.1, 0.15) is 33.3 Å². The van der Waals surface area contributed by atoms with E-state index in [-0.39, 0.29) is 10.8 Å². The van der Waals surface area contributed by atoms with Crippen LogP contribution in [0.5, 0.6) is 5.75 Å². The van der Waals surface area contributed by atoms with Gasteiger partial charge < -0.3 is 10.4 Å². The fourth-order valence-corrected chi connectivity index (χ4v) is 2.65. The van der Waals surface area contributed by atoms with E-state index in [2.05, 4.69) is 33.0 Å². The van der Waals surface area contributed by atoms with Gasteiger partial charge in [0.05, 0.1) is 0 Å². The Balaban J connectivity index is 2.05. The standard InChI is InChI=1S/C14H19F2NO/c1-13(2)12(14(13,3)4)17-7-8-5-9(15)11(18)10(16)6-8/h5-6,12,17-18H,7H2,1-4H3. The first-order valence-electron chi connectivity index (χ1n) is 6.08. The van der Waals surface area contributed by atoms with Crippen LogP contribution in [-0.4, -0.2) is 11.1 Å². The van der Waals surface area contributed by atoms with E-state index in [4.69, 9.17) is 5.11 Å². The van der Waals surface area contributed by atoms with Gasteiger partial charge in [0.2, 0.25) is 0 Å². The molecule has 1 aromatic rings. The second kappa shape index (κ2) is 3.92. The maximum absolute atomic E-state index is 13.2. The van der Waals surface area contributed by atoms with Crippen LogP contribution in [0.25, 0.3) is 0 Å². The molecule has 100 valence electrons. The normalized spacial score (nSPS) is 21.0. The molecule has 1 saturated carbocycles. The average molecular weight is 255 g/mol. The summed E-state index contributed by atoms with van der Waals surface area (Å²) in [4.78, 5) is 0. The first-order valence-corrected chi connectivity index (χ1v) is 6.08. The molecule has 2 N–H and O–H groups in total. The number of hydrogen-bond acceptors (Lipinski definition) is 2. The van der Waals surface area contributed by atoms with Gasteiger partial charge in [0.25, 0.3) is 0 Å². The van der Waals surface area contributed by atoms with Gasteiger partial charge >= 0.3 is 0 Å². The van der Waals surface area contributed by atoms with Crippen LogP contribution in [0.3, 0.4) is 0 Å². The van der Waals surface area contributed by atoms with Crippen molar-refractivity contribution >= 4 is 0 Å². The molecule has 1 aliphatic rings. The van der Waals surface area contributed by atoms with Crippen molar-refractivity contribution in [2.45, 2.75) is 40.3 Å². The van der Waals surface area contributed by atoms with E-state index in [0.29, 0.717) is 18.2 Å². The van der Waals surface area contributed by atoms with Crippen LogP contribution in [0, 0.1) is 22.5 Å². The lowest BCUT2D eigenvalue weighted by atomic mass is 10.0. The molecule has 0 amide bonds. The van der Waals surface area contributed by atoms with Crippen molar-refractivity contribution in [3.8, 4) is 5.75 Å². The highest BCUT2D eigenvalue weighted by Crippen LogP contribution is 2.62. The van der Waals surface area contributed by atoms with Gasteiger partial charge in [0.15, 0.2) is 17.4 Å². The van der Waals surface area contributed by atoms with Crippen molar-refractivity contribution in [2.75, 3.05) is 0 Å². The quantitative estimate of drug-likeness (QED) is 0.869. The zero-order valence-corrected chi connectivity index (χ0v) is 11.1. The Bertz CT molecular complexity index is 446. The number of aromatic hydroxyl groups is 1. The van der Waals surface area contributed by atoms with Crippen molar-refractivity contribution in [1.82, 2.24) is 5.32 Å². The Labute approximate surface area is 106 Å². The highest BCUT2D eigenvalue weighted by Gasteiger charge is 2.64. The van der Waals surface area contributed by atoms with Crippen molar-refractivity contribution in [2.24, 2.45) is 10.8 Å². The molecule has 0 aromatic heterocycles. The number of nitrogens with one attached hydrogen (secondary N) is 1. The molecule has 0 heterocycles. The molecule has 2 rings (SSSR count). The molecule has 0 unspecified atom stereocenters. The predicted molar refractivity (Wildman–Crippen MR) is 66.2 cm³/mol. The topological polar surface area (TPSA) is 32.3 Å². The first-order chi connectivity index (χ1) is 8.18. The maximum Gasteiger partial charge on any atom is 0.187 e. The summed E-state index contributed by atoms with van der Waals surface area (Å²) in [6, 6.07) is 2.65. The second-order valence-electron chi connectivity index (χ2n) is 6.17. The minimum absolute atomic E-state index is 0.182. The lowest BCUT2D eigenvalue weighted by Crippen LogP contribution is -2.21. The zero-order chi connectivity index (χ0) is 13.7. The molecule has 1 fully saturated rings. The summed E-state index contributed by atoms with van der Waals surface area (Å²) in [7, 11) is 0. The minimum atomic E-state index is -0.916. The third kappa shape index (κ3) is 1.88. The number of hydrogen-bond donors (Lipinski definition) is 2. The highest BCUT2D eigenvalue weighted by atomic mass is 19.1. The molecule has 0 spiro atoms. The smallest absolute Gasteiger partial charge is 0.187 e. The monoisotopic (exact) mass is 255 g/mol. The fourth-order valence-electron chi connectivity index (χ4n) is 2.65. The molecule has 1 aliphatic carbocycles. The van der Waals surface area contributed by atoms with E-state index in [0.717, 1.165) is 12.1 Å². The Morgan fingerprint density at radius 1 is 1.11 bits per heavy atom. The number of phenolic OH excluding ortho intramolecular Hbond substituents is 1. The summed E-state index contributed by atoms with van der Waals surface area (Å²) < 4.78 is 26.3. The molecule has 1 aromatic carbocycles. The van der Waals surface area contributed by atoms with Gasteiger partial charge in [-0.25, -0.2) is 8.78 Å². The van der Waals surface area contributed by atoms with Crippen molar-refractivity contribution in [3.63, 3.8) is 0 Å². The first kappa shape index (κ1) is 13.3. The molecule has 2 nitrogen and oxygen atoms in total. The second-order valence-corrected chi connectivity index (χ2v) is 6.17. The number of benzene rings is 1. The summed E-state index contributed by atoms with van der Waals surface area (Å²) in [5.41, 5.74) is 0.864. The molecule has 0 saturated heterocycles. The zero-order valence-electron chi connectivity index (χ0n) is 11.1. The summed E-state index contributed by atoms with van der Waals surface area (Å²) in [5.74, 6) is -2.74. The molecule has 0 radical (unpaired) electrons. The third-order valence-corrected chi connectivity index (χ3v) is 4.61. The minimum Gasteiger partial charge on any atom is -0.503 e. The Hall–Kier alpha value is -1.16. The van der Waals surface area contributed by atoms with Gasteiger partial charge in [-0.1, -0.05) is 27.7 Å². The van der Waals surface area contributed by atoms with Gasteiger partial charge in [-0.15, -0.1) is 0 Å². The van der Waals surface area contributed by atoms with Crippen LogP contribution < -0.4 is 5.32 Å². The van der Waals surface area contributed by atoms with Crippen molar-refractivity contribution < 1.29 is 13.9 Å². The van der Waals surface area contributed by atoms with Gasteiger partial charge in [0, 0.05) is 12.6 Å². The van der Waals surface area contributed by atoms with E-state index in [1.807, 2.05) is 0 Å². The molecular weight excluding hydrogens is 236 g/mol. The number of phenols is 1. The summed E-state index contributed by atoms with van der Waals surface area (Å²) in [6.07, 6.45) is 0. The lowest BCUT2D eigenvalue weighted by Gasteiger charge is -2.08. The number of rotatable bonds is 3. The summed E-state index contributed by atoms with van der Waals surface area (Å²) >= 11 is 0. The van der Waals surface area contributed by atoms with Crippen LogP contribution in [0.4, 0.5) is 8.78 Å². The van der Waals surface area contributed by atoms with Gasteiger partial charge in [-0.05, 0) is 28.5 Å². The van der Waals surface area contributed by atoms with E-state index in [1.54, 1.807) is 0 Å². The third-order valence-electron chi connectivity index (χ3n) is 4.61. The van der Waals surface area contributed by atoms with Crippen molar-refractivity contribution in [3.05, 3.63) is 29.3 Å². The van der Waals surface area contributed by atoms with Crippen LogP contribution >= 0.6 is 0 Å². The highest BCUT2D eigenvalue weighted by molar-refractivity contribution is 5.30. The van der Waals surface area contributed by atoms with Crippen LogP contribution in [0.15, 0.2) is 12.1 Å². The van der Waals surface area contributed by atoms with Gasteiger partial charge in [-0.2, -0.15) is 0 Å². The Kier molecular flexibility index (Phi) is 2.89. The van der Waals surface area contributed by atoms with E-state index in [1.165, 1.54) is 0 Å². The van der Waals surface area contributed by atoms with E-state index < -0.39 is 17.4 Å². The fraction of sp³-hybridized carbons (Fsp3) is 0.571. The average Bonchev–Trinajstić information content (AvgIpc) is 2.63. The molecule has 4 heteroatoms. The molecule has 0 bridgehead atoms. The molecule has 18 heavy (non-hydrogen) atoms. The summed E-state index contributed by atoms with van der Waals surface area (Å²) in [6.45, 7) is 9.07. The Morgan fingerprint density at radius 2 is 1.56 bits per heavy atom. The molecular formula is C14H19F2NO. The number of halogens is 2. The van der Waals surface area contributed by atoms with Gasteiger partial charge in [-0.3, -0.25) is 0 Å². The summed E-state index contributed by atoms with van der Waals surface area (Å²) in [5, 5.41) is 12.3. The van der Waals surface area contributed by atoms with E-state index >= 15 is 0 Å². The van der Waals surface area contributed by atoms with Crippen molar-refractivity contribution in [1.29, 1.82) is 0 Å². The van der Waals surface area contributed by atoms with E-state index in [9.17, 15) is 8.78 Å².